The van der Waals surface area contributed by atoms with Crippen LogP contribution < -0.4 is 5.73 Å². The molecule has 2 rings (SSSR count). The fourth-order valence-electron chi connectivity index (χ4n) is 1.65. The van der Waals surface area contributed by atoms with Gasteiger partial charge in [0, 0.05) is 18.0 Å². The van der Waals surface area contributed by atoms with Crippen LogP contribution >= 0.6 is 0 Å². The number of benzene rings is 1. The van der Waals surface area contributed by atoms with Crippen LogP contribution in [0.25, 0.3) is 11.1 Å². The van der Waals surface area contributed by atoms with E-state index < -0.39 is 0 Å². The van der Waals surface area contributed by atoms with Crippen LogP contribution in [0.5, 0.6) is 0 Å². The number of pyridine rings is 1. The molecule has 1 aromatic carbocycles. The Balaban J connectivity index is 2.58. The highest BCUT2D eigenvalue weighted by Crippen LogP contribution is 2.24. The van der Waals surface area contributed by atoms with Crippen LogP contribution in [0.2, 0.25) is 0 Å². The third-order valence-corrected chi connectivity index (χ3v) is 2.46. The molecule has 0 aliphatic carbocycles. The molecule has 1 aromatic heterocycles. The van der Waals surface area contributed by atoms with Gasteiger partial charge in [-0.2, -0.15) is 0 Å². The number of aromatic nitrogens is 1. The molecular formula is C13H14N2. The predicted octanol–water partition coefficient (Wildman–Crippen LogP) is 2.95. The number of nitrogen functional groups attached to an aromatic ring is 1. The Morgan fingerprint density at radius 2 is 1.87 bits per heavy atom. The summed E-state index contributed by atoms with van der Waals surface area (Å²) >= 11 is 0. The zero-order valence-corrected chi connectivity index (χ0v) is 8.99. The quantitative estimate of drug-likeness (QED) is 0.765. The van der Waals surface area contributed by atoms with Gasteiger partial charge in [0.15, 0.2) is 0 Å². The second-order valence-corrected chi connectivity index (χ2v) is 3.83. The second kappa shape index (κ2) is 3.73. The number of anilines is 1. The first-order valence-electron chi connectivity index (χ1n) is 4.95. The molecule has 0 radical (unpaired) electrons. The van der Waals surface area contributed by atoms with Gasteiger partial charge in [-0.3, -0.25) is 4.98 Å². The van der Waals surface area contributed by atoms with Crippen LogP contribution in [0, 0.1) is 13.8 Å². The van der Waals surface area contributed by atoms with Gasteiger partial charge in [0.1, 0.15) is 0 Å². The first kappa shape index (κ1) is 9.71. The summed E-state index contributed by atoms with van der Waals surface area (Å²) in [5, 5.41) is 0. The van der Waals surface area contributed by atoms with Crippen molar-refractivity contribution in [2.75, 3.05) is 5.73 Å². The predicted molar refractivity (Wildman–Crippen MR) is 63.6 cm³/mol. The van der Waals surface area contributed by atoms with Crippen molar-refractivity contribution in [3.8, 4) is 11.1 Å². The highest BCUT2D eigenvalue weighted by Gasteiger charge is 2.02. The molecule has 2 aromatic rings. The van der Waals surface area contributed by atoms with Gasteiger partial charge in [-0.15, -0.1) is 0 Å². The monoisotopic (exact) mass is 198 g/mol. The van der Waals surface area contributed by atoms with E-state index in [1.807, 2.05) is 12.3 Å². The summed E-state index contributed by atoms with van der Waals surface area (Å²) in [7, 11) is 0. The van der Waals surface area contributed by atoms with E-state index in [2.05, 4.69) is 37.0 Å². The lowest BCUT2D eigenvalue weighted by atomic mass is 10.00. The van der Waals surface area contributed by atoms with Crippen LogP contribution in [0.3, 0.4) is 0 Å². The maximum absolute atomic E-state index is 5.72. The first-order chi connectivity index (χ1) is 7.16. The van der Waals surface area contributed by atoms with Crippen molar-refractivity contribution in [1.29, 1.82) is 0 Å². The standard InChI is InChI=1S/C13H14N2/c1-9-3-4-10(2)13(5-9)11-6-12(14)8-15-7-11/h3-8H,14H2,1-2H3. The molecule has 0 fully saturated rings. The lowest BCUT2D eigenvalue weighted by Crippen LogP contribution is -1.90. The van der Waals surface area contributed by atoms with E-state index in [4.69, 9.17) is 5.73 Å². The van der Waals surface area contributed by atoms with Gasteiger partial charge in [-0.05, 0) is 31.0 Å². The Kier molecular flexibility index (Phi) is 2.42. The molecule has 0 unspecified atom stereocenters. The fraction of sp³-hybridized carbons (Fsp3) is 0.154. The molecule has 0 saturated heterocycles. The van der Waals surface area contributed by atoms with E-state index in [0.29, 0.717) is 5.69 Å². The Morgan fingerprint density at radius 1 is 1.07 bits per heavy atom. The van der Waals surface area contributed by atoms with Crippen molar-refractivity contribution >= 4 is 5.69 Å². The molecule has 2 nitrogen and oxygen atoms in total. The topological polar surface area (TPSA) is 38.9 Å². The average molecular weight is 198 g/mol. The van der Waals surface area contributed by atoms with Crippen molar-refractivity contribution in [1.82, 2.24) is 4.98 Å². The zero-order valence-electron chi connectivity index (χ0n) is 8.99. The first-order valence-corrected chi connectivity index (χ1v) is 4.95. The molecule has 76 valence electrons. The Hall–Kier alpha value is -1.83. The van der Waals surface area contributed by atoms with Gasteiger partial charge in [0.2, 0.25) is 0 Å². The van der Waals surface area contributed by atoms with Crippen LogP contribution in [-0.4, -0.2) is 4.98 Å². The maximum atomic E-state index is 5.72. The minimum atomic E-state index is 0.702. The fourth-order valence-corrected chi connectivity index (χ4v) is 1.65. The van der Waals surface area contributed by atoms with Crippen molar-refractivity contribution in [2.45, 2.75) is 13.8 Å². The van der Waals surface area contributed by atoms with E-state index in [1.165, 1.54) is 16.7 Å². The van der Waals surface area contributed by atoms with Crippen LogP contribution in [0.15, 0.2) is 36.7 Å². The third kappa shape index (κ3) is 1.99. The molecule has 0 saturated carbocycles. The van der Waals surface area contributed by atoms with Gasteiger partial charge < -0.3 is 5.73 Å². The molecule has 2 heteroatoms. The van der Waals surface area contributed by atoms with E-state index in [0.717, 1.165) is 5.56 Å². The molecule has 0 aliphatic heterocycles. The lowest BCUT2D eigenvalue weighted by Gasteiger charge is -2.07. The highest BCUT2D eigenvalue weighted by atomic mass is 14.7. The maximum Gasteiger partial charge on any atom is 0.0506 e. The number of nitrogens with zero attached hydrogens (tertiary/aromatic N) is 1. The zero-order chi connectivity index (χ0) is 10.8. The number of hydrogen-bond acceptors (Lipinski definition) is 2. The summed E-state index contributed by atoms with van der Waals surface area (Å²) in [4.78, 5) is 4.11. The van der Waals surface area contributed by atoms with Crippen LogP contribution in [-0.2, 0) is 0 Å². The van der Waals surface area contributed by atoms with Gasteiger partial charge >= 0.3 is 0 Å². The summed E-state index contributed by atoms with van der Waals surface area (Å²) < 4.78 is 0. The normalized spacial score (nSPS) is 10.3. The Morgan fingerprint density at radius 3 is 2.60 bits per heavy atom. The summed E-state index contributed by atoms with van der Waals surface area (Å²) in [5.74, 6) is 0. The third-order valence-electron chi connectivity index (χ3n) is 2.46. The smallest absolute Gasteiger partial charge is 0.0506 e. The summed E-state index contributed by atoms with van der Waals surface area (Å²) in [5.41, 5.74) is 11.2. The van der Waals surface area contributed by atoms with Crippen LogP contribution in [0.4, 0.5) is 5.69 Å². The molecule has 0 spiro atoms. The highest BCUT2D eigenvalue weighted by molar-refractivity contribution is 5.69. The van der Waals surface area contributed by atoms with Crippen molar-refractivity contribution in [3.63, 3.8) is 0 Å². The van der Waals surface area contributed by atoms with E-state index >= 15 is 0 Å². The van der Waals surface area contributed by atoms with Crippen molar-refractivity contribution in [3.05, 3.63) is 47.8 Å². The molecule has 15 heavy (non-hydrogen) atoms. The molecule has 0 atom stereocenters. The Labute approximate surface area is 89.8 Å². The Bertz CT molecular complexity index is 490. The van der Waals surface area contributed by atoms with Gasteiger partial charge in [-0.1, -0.05) is 23.8 Å². The second-order valence-electron chi connectivity index (χ2n) is 3.83. The largest absolute Gasteiger partial charge is 0.397 e. The van der Waals surface area contributed by atoms with Crippen LogP contribution in [0.1, 0.15) is 11.1 Å². The molecule has 0 amide bonds. The van der Waals surface area contributed by atoms with Gasteiger partial charge in [0.25, 0.3) is 0 Å². The molecule has 0 aliphatic rings. The average Bonchev–Trinajstić information content (AvgIpc) is 2.22. The van der Waals surface area contributed by atoms with Crippen molar-refractivity contribution < 1.29 is 0 Å². The minimum Gasteiger partial charge on any atom is -0.397 e. The van der Waals surface area contributed by atoms with E-state index in [9.17, 15) is 0 Å². The lowest BCUT2D eigenvalue weighted by molar-refractivity contribution is 1.31. The number of aryl methyl sites for hydroxylation is 2. The molecule has 2 N–H and O–H groups in total. The van der Waals surface area contributed by atoms with Gasteiger partial charge in [-0.25, -0.2) is 0 Å². The molecular weight excluding hydrogens is 184 g/mol. The number of rotatable bonds is 1. The minimum absolute atomic E-state index is 0.702. The number of nitrogens with two attached hydrogens (primary N) is 1. The molecule has 0 bridgehead atoms. The molecule has 1 heterocycles. The summed E-state index contributed by atoms with van der Waals surface area (Å²) in [6.07, 6.45) is 3.51. The van der Waals surface area contributed by atoms with E-state index in [-0.39, 0.29) is 0 Å². The summed E-state index contributed by atoms with van der Waals surface area (Å²) in [6, 6.07) is 8.34. The summed E-state index contributed by atoms with van der Waals surface area (Å²) in [6.45, 7) is 4.18. The van der Waals surface area contributed by atoms with E-state index in [1.54, 1.807) is 6.20 Å². The van der Waals surface area contributed by atoms with Crippen molar-refractivity contribution in [2.24, 2.45) is 0 Å². The van der Waals surface area contributed by atoms with Gasteiger partial charge in [0.05, 0.1) is 5.69 Å². The SMILES string of the molecule is Cc1ccc(C)c(-c2cncc(N)c2)c1. The number of hydrogen-bond donors (Lipinski definition) is 1.